The molecule has 0 radical (unpaired) electrons. The minimum atomic E-state index is -1.03. The monoisotopic (exact) mass is 226 g/mol. The first-order chi connectivity index (χ1) is 7.47. The number of hydrogen-bond acceptors (Lipinski definition) is 4. The van der Waals surface area contributed by atoms with Crippen molar-refractivity contribution < 1.29 is 19.2 Å². The molecular formula is C10H14N2O4. The van der Waals surface area contributed by atoms with Crippen molar-refractivity contribution in [1.29, 1.82) is 0 Å². The van der Waals surface area contributed by atoms with Gasteiger partial charge < -0.3 is 14.5 Å². The number of carbonyl (C=O) groups is 2. The Morgan fingerprint density at radius 3 is 2.62 bits per heavy atom. The first-order valence-corrected chi connectivity index (χ1v) is 4.90. The van der Waals surface area contributed by atoms with Crippen molar-refractivity contribution in [2.75, 3.05) is 7.05 Å². The Morgan fingerprint density at radius 2 is 2.25 bits per heavy atom. The number of amides is 1. The number of carboxylic acids is 1. The van der Waals surface area contributed by atoms with E-state index in [0.29, 0.717) is 12.2 Å². The summed E-state index contributed by atoms with van der Waals surface area (Å²) in [6.45, 7) is 3.37. The molecule has 1 N–H and O–H groups in total. The van der Waals surface area contributed by atoms with E-state index in [2.05, 4.69) is 5.16 Å². The van der Waals surface area contributed by atoms with Gasteiger partial charge in [0.2, 0.25) is 0 Å². The lowest BCUT2D eigenvalue weighted by Crippen LogP contribution is -2.42. The summed E-state index contributed by atoms with van der Waals surface area (Å²) in [7, 11) is 1.44. The third kappa shape index (κ3) is 2.39. The molecule has 1 aromatic rings. The molecule has 1 aromatic heterocycles. The highest BCUT2D eigenvalue weighted by atomic mass is 16.5. The van der Waals surface area contributed by atoms with Crippen molar-refractivity contribution in [3.63, 3.8) is 0 Å². The van der Waals surface area contributed by atoms with Crippen LogP contribution in [0.2, 0.25) is 0 Å². The van der Waals surface area contributed by atoms with Crippen molar-refractivity contribution >= 4 is 11.9 Å². The molecule has 6 heteroatoms. The van der Waals surface area contributed by atoms with Crippen LogP contribution in [0.25, 0.3) is 0 Å². The molecule has 1 rings (SSSR count). The van der Waals surface area contributed by atoms with Crippen LogP contribution in [-0.2, 0) is 4.79 Å². The standard InChI is InChI=1S/C10H14N2O4/c1-4-8(10(14)15)12(3)9(13)7-5-6(2)16-11-7/h5,8H,4H2,1-3H3,(H,14,15). The van der Waals surface area contributed by atoms with Crippen LogP contribution in [0.15, 0.2) is 10.6 Å². The van der Waals surface area contributed by atoms with E-state index in [1.165, 1.54) is 13.1 Å². The molecule has 0 fully saturated rings. The Bertz CT molecular complexity index is 399. The second-order valence-corrected chi connectivity index (χ2v) is 3.50. The number of rotatable bonds is 4. The molecule has 1 heterocycles. The van der Waals surface area contributed by atoms with E-state index in [1.807, 2.05) is 0 Å². The molecule has 1 amide bonds. The zero-order chi connectivity index (χ0) is 12.3. The van der Waals surface area contributed by atoms with Crippen LogP contribution < -0.4 is 0 Å². The van der Waals surface area contributed by atoms with Gasteiger partial charge in [-0.1, -0.05) is 12.1 Å². The Morgan fingerprint density at radius 1 is 1.62 bits per heavy atom. The van der Waals surface area contributed by atoms with Crippen LogP contribution in [0, 0.1) is 6.92 Å². The fourth-order valence-electron chi connectivity index (χ4n) is 1.40. The fraction of sp³-hybridized carbons (Fsp3) is 0.500. The van der Waals surface area contributed by atoms with Crippen LogP contribution in [0.3, 0.4) is 0 Å². The van der Waals surface area contributed by atoms with Crippen molar-refractivity contribution in [2.45, 2.75) is 26.3 Å². The average Bonchev–Trinajstić information content (AvgIpc) is 2.64. The smallest absolute Gasteiger partial charge is 0.326 e. The lowest BCUT2D eigenvalue weighted by Gasteiger charge is -2.22. The van der Waals surface area contributed by atoms with Gasteiger partial charge in [0.05, 0.1) is 0 Å². The van der Waals surface area contributed by atoms with Gasteiger partial charge in [-0.25, -0.2) is 4.79 Å². The predicted molar refractivity (Wildman–Crippen MR) is 55.0 cm³/mol. The minimum Gasteiger partial charge on any atom is -0.480 e. The first-order valence-electron chi connectivity index (χ1n) is 4.90. The Balaban J connectivity index is 2.85. The molecule has 88 valence electrons. The normalized spacial score (nSPS) is 12.2. The largest absolute Gasteiger partial charge is 0.480 e. The van der Waals surface area contributed by atoms with Crippen molar-refractivity contribution in [2.24, 2.45) is 0 Å². The SMILES string of the molecule is CCC(C(=O)O)N(C)C(=O)c1cc(C)on1. The molecule has 0 aliphatic heterocycles. The van der Waals surface area contributed by atoms with Gasteiger partial charge in [-0.15, -0.1) is 0 Å². The van der Waals surface area contributed by atoms with Gasteiger partial charge in [0, 0.05) is 13.1 Å². The van der Waals surface area contributed by atoms with Gasteiger partial charge in [0.25, 0.3) is 5.91 Å². The zero-order valence-electron chi connectivity index (χ0n) is 9.43. The van der Waals surface area contributed by atoms with Gasteiger partial charge in [0.15, 0.2) is 5.69 Å². The van der Waals surface area contributed by atoms with Gasteiger partial charge >= 0.3 is 5.97 Å². The number of aliphatic carboxylic acids is 1. The quantitative estimate of drug-likeness (QED) is 0.825. The minimum absolute atomic E-state index is 0.125. The molecular weight excluding hydrogens is 212 g/mol. The number of likely N-dealkylation sites (N-methyl/N-ethyl adjacent to an activating group) is 1. The molecule has 0 saturated carbocycles. The number of aryl methyl sites for hydroxylation is 1. The van der Waals surface area contributed by atoms with Gasteiger partial charge in [0.1, 0.15) is 11.8 Å². The van der Waals surface area contributed by atoms with Crippen LogP contribution in [-0.4, -0.2) is 40.1 Å². The number of carboxylic acid groups (broad SMARTS) is 1. The molecule has 0 saturated heterocycles. The van der Waals surface area contributed by atoms with E-state index >= 15 is 0 Å². The van der Waals surface area contributed by atoms with Gasteiger partial charge in [-0.2, -0.15) is 0 Å². The summed E-state index contributed by atoms with van der Waals surface area (Å²) in [5.74, 6) is -0.968. The number of hydrogen-bond donors (Lipinski definition) is 1. The third-order valence-corrected chi connectivity index (χ3v) is 2.31. The summed E-state index contributed by atoms with van der Waals surface area (Å²) in [5.41, 5.74) is 0.125. The van der Waals surface area contributed by atoms with E-state index in [4.69, 9.17) is 9.63 Å². The van der Waals surface area contributed by atoms with Crippen molar-refractivity contribution in [1.82, 2.24) is 10.1 Å². The van der Waals surface area contributed by atoms with Crippen LogP contribution >= 0.6 is 0 Å². The molecule has 0 spiro atoms. The van der Waals surface area contributed by atoms with E-state index < -0.39 is 17.9 Å². The summed E-state index contributed by atoms with van der Waals surface area (Å²) in [5, 5.41) is 12.5. The van der Waals surface area contributed by atoms with Crippen LogP contribution in [0.4, 0.5) is 0 Å². The third-order valence-electron chi connectivity index (χ3n) is 2.31. The highest BCUT2D eigenvalue weighted by Gasteiger charge is 2.27. The maximum absolute atomic E-state index is 11.8. The molecule has 1 atom stereocenters. The number of carbonyl (C=O) groups excluding carboxylic acids is 1. The van der Waals surface area contributed by atoms with Crippen molar-refractivity contribution in [3.8, 4) is 0 Å². The summed E-state index contributed by atoms with van der Waals surface area (Å²) >= 11 is 0. The molecule has 0 aromatic carbocycles. The van der Waals surface area contributed by atoms with Gasteiger partial charge in [-0.05, 0) is 13.3 Å². The van der Waals surface area contributed by atoms with Crippen LogP contribution in [0.5, 0.6) is 0 Å². The highest BCUT2D eigenvalue weighted by molar-refractivity contribution is 5.94. The number of nitrogens with zero attached hydrogens (tertiary/aromatic N) is 2. The van der Waals surface area contributed by atoms with E-state index in [-0.39, 0.29) is 5.69 Å². The van der Waals surface area contributed by atoms with Crippen LogP contribution in [0.1, 0.15) is 29.6 Å². The van der Waals surface area contributed by atoms with E-state index in [1.54, 1.807) is 13.8 Å². The van der Waals surface area contributed by atoms with E-state index in [9.17, 15) is 9.59 Å². The maximum Gasteiger partial charge on any atom is 0.326 e. The Labute approximate surface area is 92.8 Å². The highest BCUT2D eigenvalue weighted by Crippen LogP contribution is 2.09. The van der Waals surface area contributed by atoms with E-state index in [0.717, 1.165) is 4.90 Å². The topological polar surface area (TPSA) is 83.6 Å². The Hall–Kier alpha value is -1.85. The summed E-state index contributed by atoms with van der Waals surface area (Å²) in [6, 6.07) is 0.637. The second-order valence-electron chi connectivity index (χ2n) is 3.50. The molecule has 0 aliphatic rings. The van der Waals surface area contributed by atoms with Crippen molar-refractivity contribution in [3.05, 3.63) is 17.5 Å². The molecule has 0 aliphatic carbocycles. The average molecular weight is 226 g/mol. The maximum atomic E-state index is 11.8. The summed E-state index contributed by atoms with van der Waals surface area (Å²) in [6.07, 6.45) is 0.342. The molecule has 1 unspecified atom stereocenters. The summed E-state index contributed by atoms with van der Waals surface area (Å²) in [4.78, 5) is 23.8. The molecule has 6 nitrogen and oxygen atoms in total. The number of aromatic nitrogens is 1. The lowest BCUT2D eigenvalue weighted by atomic mass is 10.2. The summed E-state index contributed by atoms with van der Waals surface area (Å²) < 4.78 is 4.76. The van der Waals surface area contributed by atoms with Gasteiger partial charge in [-0.3, -0.25) is 4.79 Å². The molecule has 0 bridgehead atoms. The Kier molecular flexibility index (Phi) is 3.65. The molecule has 16 heavy (non-hydrogen) atoms. The zero-order valence-corrected chi connectivity index (χ0v) is 9.43. The predicted octanol–water partition coefficient (Wildman–Crippen LogP) is 0.918. The second kappa shape index (κ2) is 4.78. The lowest BCUT2D eigenvalue weighted by molar-refractivity contribution is -0.142. The fourth-order valence-corrected chi connectivity index (χ4v) is 1.40. The first kappa shape index (κ1) is 12.2.